The first-order valence-corrected chi connectivity index (χ1v) is 9.24. The van der Waals surface area contributed by atoms with Gasteiger partial charge in [0.15, 0.2) is 5.82 Å². The number of rotatable bonds is 5. The highest BCUT2D eigenvalue weighted by Gasteiger charge is 2.19. The molecule has 0 atom stereocenters. The molecule has 4 rings (SSSR count). The fraction of sp³-hybridized carbons (Fsp3) is 0.353. The van der Waals surface area contributed by atoms with Gasteiger partial charge in [0.2, 0.25) is 5.28 Å². The van der Waals surface area contributed by atoms with Crippen LogP contribution in [0.5, 0.6) is 0 Å². The zero-order valence-corrected chi connectivity index (χ0v) is 15.1. The Morgan fingerprint density at radius 2 is 2.12 bits per heavy atom. The second-order valence-electron chi connectivity index (χ2n) is 5.70. The Bertz CT molecular complexity index is 852. The maximum atomic E-state index is 6.12. The molecule has 0 spiro atoms. The third-order valence-electron chi connectivity index (χ3n) is 3.92. The fourth-order valence-electron chi connectivity index (χ4n) is 2.75. The molecule has 0 saturated carbocycles. The van der Waals surface area contributed by atoms with E-state index in [2.05, 4.69) is 19.9 Å². The van der Waals surface area contributed by atoms with Crippen molar-refractivity contribution in [3.8, 4) is 0 Å². The first-order chi connectivity index (χ1) is 12.3. The summed E-state index contributed by atoms with van der Waals surface area (Å²) >= 11 is 7.78. The summed E-state index contributed by atoms with van der Waals surface area (Å²) in [5.41, 5.74) is 1.92. The monoisotopic (exact) mass is 376 g/mol. The van der Waals surface area contributed by atoms with Gasteiger partial charge in [-0.1, -0.05) is 6.07 Å². The Balaban J connectivity index is 1.52. The van der Waals surface area contributed by atoms with Gasteiger partial charge in [0, 0.05) is 30.4 Å². The van der Waals surface area contributed by atoms with Crippen LogP contribution in [-0.4, -0.2) is 41.3 Å². The molecule has 0 aliphatic carbocycles. The van der Waals surface area contributed by atoms with Gasteiger partial charge in [-0.05, 0) is 29.3 Å². The number of hydrogen-bond donors (Lipinski definition) is 0. The molecule has 1 fully saturated rings. The number of fused-ring (bicyclic) bond motifs is 1. The maximum Gasteiger partial charge on any atom is 0.224 e. The Morgan fingerprint density at radius 1 is 1.24 bits per heavy atom. The summed E-state index contributed by atoms with van der Waals surface area (Å²) in [7, 11) is 0. The van der Waals surface area contributed by atoms with Crippen molar-refractivity contribution in [2.45, 2.75) is 13.2 Å². The Labute approximate surface area is 154 Å². The highest BCUT2D eigenvalue weighted by molar-refractivity contribution is 7.19. The van der Waals surface area contributed by atoms with Gasteiger partial charge in [-0.25, -0.2) is 4.98 Å². The molecule has 8 heteroatoms. The van der Waals surface area contributed by atoms with E-state index in [0.29, 0.717) is 26.4 Å². The summed E-state index contributed by atoms with van der Waals surface area (Å²) in [5.74, 6) is 0.891. The van der Waals surface area contributed by atoms with E-state index in [4.69, 9.17) is 21.1 Å². The molecule has 4 heterocycles. The summed E-state index contributed by atoms with van der Waals surface area (Å²) in [5, 5.41) is 0.273. The molecular weight excluding hydrogens is 360 g/mol. The average molecular weight is 377 g/mol. The van der Waals surface area contributed by atoms with Crippen molar-refractivity contribution in [1.29, 1.82) is 0 Å². The second-order valence-corrected chi connectivity index (χ2v) is 7.17. The SMILES string of the molecule is Clc1nc(N2CCOCC2)c2sc(COCc3cccnc3)cc2n1. The van der Waals surface area contributed by atoms with Crippen molar-refractivity contribution in [2.75, 3.05) is 31.2 Å². The van der Waals surface area contributed by atoms with Crippen LogP contribution in [0.25, 0.3) is 10.2 Å². The van der Waals surface area contributed by atoms with Gasteiger partial charge < -0.3 is 14.4 Å². The van der Waals surface area contributed by atoms with E-state index in [0.717, 1.165) is 39.6 Å². The fourth-order valence-corrected chi connectivity index (χ4v) is 3.97. The smallest absolute Gasteiger partial charge is 0.224 e. The van der Waals surface area contributed by atoms with Crippen molar-refractivity contribution in [3.05, 3.63) is 46.3 Å². The van der Waals surface area contributed by atoms with Crippen molar-refractivity contribution >= 4 is 39.0 Å². The summed E-state index contributed by atoms with van der Waals surface area (Å²) < 4.78 is 12.3. The lowest BCUT2D eigenvalue weighted by Crippen LogP contribution is -2.36. The van der Waals surface area contributed by atoms with Crippen LogP contribution in [0.15, 0.2) is 30.6 Å². The molecule has 1 saturated heterocycles. The number of aromatic nitrogens is 3. The number of thiophene rings is 1. The molecule has 0 aromatic carbocycles. The summed E-state index contributed by atoms with van der Waals surface area (Å²) in [6.07, 6.45) is 3.57. The van der Waals surface area contributed by atoms with Crippen LogP contribution in [-0.2, 0) is 22.7 Å². The minimum atomic E-state index is 0.273. The molecule has 1 aliphatic rings. The van der Waals surface area contributed by atoms with Crippen molar-refractivity contribution < 1.29 is 9.47 Å². The highest BCUT2D eigenvalue weighted by atomic mass is 35.5. The lowest BCUT2D eigenvalue weighted by molar-refractivity contribution is 0.109. The van der Waals surface area contributed by atoms with Gasteiger partial charge >= 0.3 is 0 Å². The second kappa shape index (κ2) is 7.61. The molecule has 0 radical (unpaired) electrons. The lowest BCUT2D eigenvalue weighted by Gasteiger charge is -2.28. The predicted octanol–water partition coefficient (Wildman–Crippen LogP) is 3.29. The normalized spacial score (nSPS) is 15.0. The van der Waals surface area contributed by atoms with Crippen LogP contribution in [0.3, 0.4) is 0 Å². The number of pyridine rings is 1. The number of morpholine rings is 1. The number of hydrogen-bond acceptors (Lipinski definition) is 7. The molecule has 0 amide bonds. The number of ether oxygens (including phenoxy) is 2. The van der Waals surface area contributed by atoms with Crippen molar-refractivity contribution in [2.24, 2.45) is 0 Å². The average Bonchev–Trinajstić information content (AvgIpc) is 3.05. The quantitative estimate of drug-likeness (QED) is 0.637. The molecule has 0 bridgehead atoms. The molecule has 3 aromatic rings. The van der Waals surface area contributed by atoms with E-state index >= 15 is 0 Å². The molecule has 6 nitrogen and oxygen atoms in total. The van der Waals surface area contributed by atoms with Crippen molar-refractivity contribution in [3.63, 3.8) is 0 Å². The molecule has 1 aliphatic heterocycles. The summed E-state index contributed by atoms with van der Waals surface area (Å²) in [6, 6.07) is 5.94. The Kier molecular flexibility index (Phi) is 5.07. The number of nitrogens with zero attached hydrogens (tertiary/aromatic N) is 4. The molecular formula is C17H17ClN4O2S. The number of anilines is 1. The van der Waals surface area contributed by atoms with Gasteiger partial charge in [-0.3, -0.25) is 4.98 Å². The van der Waals surface area contributed by atoms with E-state index in [9.17, 15) is 0 Å². The van der Waals surface area contributed by atoms with E-state index in [1.807, 2.05) is 24.4 Å². The molecule has 3 aromatic heterocycles. The van der Waals surface area contributed by atoms with E-state index in [-0.39, 0.29) is 5.28 Å². The molecule has 0 N–H and O–H groups in total. The first-order valence-electron chi connectivity index (χ1n) is 8.05. The standard InChI is InChI=1S/C17H17ClN4O2S/c18-17-20-14-8-13(11-24-10-12-2-1-3-19-9-12)25-15(14)16(21-17)22-4-6-23-7-5-22/h1-3,8-9H,4-7,10-11H2. The number of halogens is 1. The topological polar surface area (TPSA) is 60.4 Å². The van der Waals surface area contributed by atoms with Gasteiger partial charge in [-0.2, -0.15) is 4.98 Å². The highest BCUT2D eigenvalue weighted by Crippen LogP contribution is 2.33. The lowest BCUT2D eigenvalue weighted by atomic mass is 10.3. The Morgan fingerprint density at radius 3 is 2.92 bits per heavy atom. The van der Waals surface area contributed by atoms with Gasteiger partial charge in [-0.15, -0.1) is 11.3 Å². The first kappa shape index (κ1) is 16.7. The third-order valence-corrected chi connectivity index (χ3v) is 5.19. The van der Waals surface area contributed by atoms with E-state index < -0.39 is 0 Å². The van der Waals surface area contributed by atoms with Gasteiger partial charge in [0.05, 0.1) is 36.6 Å². The minimum absolute atomic E-state index is 0.273. The van der Waals surface area contributed by atoms with Crippen LogP contribution in [0.1, 0.15) is 10.4 Å². The van der Waals surface area contributed by atoms with E-state index in [1.165, 1.54) is 0 Å². The summed E-state index contributed by atoms with van der Waals surface area (Å²) in [4.78, 5) is 16.2. The van der Waals surface area contributed by atoms with Gasteiger partial charge in [0.1, 0.15) is 0 Å². The van der Waals surface area contributed by atoms with Crippen LogP contribution in [0, 0.1) is 0 Å². The van der Waals surface area contributed by atoms with Crippen LogP contribution in [0.2, 0.25) is 5.28 Å². The molecule has 25 heavy (non-hydrogen) atoms. The van der Waals surface area contributed by atoms with E-state index in [1.54, 1.807) is 17.5 Å². The predicted molar refractivity (Wildman–Crippen MR) is 98.2 cm³/mol. The maximum absolute atomic E-state index is 6.12. The molecule has 130 valence electrons. The third kappa shape index (κ3) is 3.90. The van der Waals surface area contributed by atoms with Crippen LogP contribution in [0.4, 0.5) is 5.82 Å². The zero-order valence-electron chi connectivity index (χ0n) is 13.5. The largest absolute Gasteiger partial charge is 0.378 e. The van der Waals surface area contributed by atoms with Crippen LogP contribution >= 0.6 is 22.9 Å². The minimum Gasteiger partial charge on any atom is -0.378 e. The van der Waals surface area contributed by atoms with Gasteiger partial charge in [0.25, 0.3) is 0 Å². The summed E-state index contributed by atoms with van der Waals surface area (Å²) in [6.45, 7) is 4.09. The molecule has 0 unspecified atom stereocenters. The zero-order chi connectivity index (χ0) is 17.1. The van der Waals surface area contributed by atoms with Crippen molar-refractivity contribution in [1.82, 2.24) is 15.0 Å². The van der Waals surface area contributed by atoms with Crippen LogP contribution < -0.4 is 4.90 Å². The Hall–Kier alpha value is -1.80.